The van der Waals surface area contributed by atoms with Gasteiger partial charge in [-0.1, -0.05) is 54.6 Å². The molecule has 37 heavy (non-hydrogen) atoms. The monoisotopic (exact) mass is 496 g/mol. The van der Waals surface area contributed by atoms with E-state index in [0.717, 1.165) is 34.0 Å². The van der Waals surface area contributed by atoms with E-state index in [0.29, 0.717) is 37.6 Å². The Morgan fingerprint density at radius 1 is 0.892 bits per heavy atom. The Balaban J connectivity index is 1.43. The van der Waals surface area contributed by atoms with Crippen LogP contribution in [0, 0.1) is 19.7 Å². The number of hydrogen-bond acceptors (Lipinski definition) is 5. The van der Waals surface area contributed by atoms with Crippen LogP contribution in [0.15, 0.2) is 77.6 Å². The number of fused-ring (bicyclic) bond motifs is 1. The van der Waals surface area contributed by atoms with Crippen LogP contribution in [0.5, 0.6) is 0 Å². The summed E-state index contributed by atoms with van der Waals surface area (Å²) in [7, 11) is 0. The first kappa shape index (κ1) is 24.5. The van der Waals surface area contributed by atoms with Gasteiger partial charge in [0.1, 0.15) is 5.82 Å². The maximum atomic E-state index is 13.5. The van der Waals surface area contributed by atoms with Gasteiger partial charge < -0.3 is 4.98 Å². The number of halogens is 1. The number of aromatic amines is 1. The van der Waals surface area contributed by atoms with Crippen molar-refractivity contribution in [2.24, 2.45) is 0 Å². The van der Waals surface area contributed by atoms with Gasteiger partial charge in [0.05, 0.1) is 12.1 Å². The van der Waals surface area contributed by atoms with Crippen LogP contribution >= 0.6 is 0 Å². The van der Waals surface area contributed by atoms with E-state index in [1.165, 1.54) is 17.7 Å². The molecule has 0 unspecified atom stereocenters. The van der Waals surface area contributed by atoms with Gasteiger partial charge in [-0.05, 0) is 71.1 Å². The molecule has 0 spiro atoms. The molecule has 2 aromatic heterocycles. The minimum absolute atomic E-state index is 0.117. The van der Waals surface area contributed by atoms with Gasteiger partial charge in [0.15, 0.2) is 5.82 Å². The van der Waals surface area contributed by atoms with Crippen LogP contribution in [-0.2, 0) is 32.6 Å². The molecule has 3 aromatic carbocycles. The number of H-pyrrole nitrogens is 1. The quantitative estimate of drug-likeness (QED) is 0.320. The highest BCUT2D eigenvalue weighted by Crippen LogP contribution is 2.21. The van der Waals surface area contributed by atoms with Crippen LogP contribution in [0.25, 0.3) is 10.9 Å². The molecular formula is C29H29FN6O. The number of pyridine rings is 1. The summed E-state index contributed by atoms with van der Waals surface area (Å²) in [4.78, 5) is 18.3. The second-order valence-corrected chi connectivity index (χ2v) is 9.44. The Morgan fingerprint density at radius 2 is 1.65 bits per heavy atom. The van der Waals surface area contributed by atoms with E-state index in [1.807, 2.05) is 48.9 Å². The highest BCUT2D eigenvalue weighted by atomic mass is 19.1. The van der Waals surface area contributed by atoms with Gasteiger partial charge >= 0.3 is 0 Å². The van der Waals surface area contributed by atoms with Crippen LogP contribution in [0.3, 0.4) is 0 Å². The summed E-state index contributed by atoms with van der Waals surface area (Å²) in [6.07, 6.45) is 0.805. The van der Waals surface area contributed by atoms with Crippen LogP contribution in [0.2, 0.25) is 0 Å². The van der Waals surface area contributed by atoms with Crippen molar-refractivity contribution in [2.45, 2.75) is 46.4 Å². The fraction of sp³-hybridized carbons (Fsp3) is 0.241. The van der Waals surface area contributed by atoms with Gasteiger partial charge in [-0.25, -0.2) is 9.07 Å². The molecule has 7 nitrogen and oxygen atoms in total. The molecule has 5 rings (SSSR count). The van der Waals surface area contributed by atoms with Crippen molar-refractivity contribution in [3.8, 4) is 0 Å². The molecule has 0 atom stereocenters. The Kier molecular flexibility index (Phi) is 7.18. The number of nitrogens with zero attached hydrogens (tertiary/aromatic N) is 5. The summed E-state index contributed by atoms with van der Waals surface area (Å²) < 4.78 is 15.3. The Morgan fingerprint density at radius 3 is 2.43 bits per heavy atom. The highest BCUT2D eigenvalue weighted by molar-refractivity contribution is 5.85. The number of aryl methyl sites for hydroxylation is 4. The van der Waals surface area contributed by atoms with Gasteiger partial charge in [0.2, 0.25) is 0 Å². The first-order chi connectivity index (χ1) is 18.0. The molecule has 0 saturated heterocycles. The number of aromatic nitrogens is 5. The first-order valence-corrected chi connectivity index (χ1v) is 12.3. The van der Waals surface area contributed by atoms with E-state index in [1.54, 1.807) is 12.1 Å². The fourth-order valence-corrected chi connectivity index (χ4v) is 4.58. The van der Waals surface area contributed by atoms with E-state index in [9.17, 15) is 9.18 Å². The summed E-state index contributed by atoms with van der Waals surface area (Å²) in [5.41, 5.74) is 5.69. The van der Waals surface area contributed by atoms with Crippen LogP contribution in [0.4, 0.5) is 4.39 Å². The van der Waals surface area contributed by atoms with E-state index >= 15 is 0 Å². The molecule has 0 aliphatic carbocycles. The molecular weight excluding hydrogens is 467 g/mol. The van der Waals surface area contributed by atoms with Crippen molar-refractivity contribution in [1.82, 2.24) is 30.1 Å². The van der Waals surface area contributed by atoms with Gasteiger partial charge in [0, 0.05) is 30.6 Å². The third-order valence-corrected chi connectivity index (χ3v) is 6.66. The first-order valence-electron chi connectivity index (χ1n) is 12.3. The molecule has 0 radical (unpaired) electrons. The molecule has 0 fully saturated rings. The number of rotatable bonds is 9. The average molecular weight is 497 g/mol. The van der Waals surface area contributed by atoms with Crippen molar-refractivity contribution < 1.29 is 4.39 Å². The largest absolute Gasteiger partial charge is 0.321 e. The summed E-state index contributed by atoms with van der Waals surface area (Å²) >= 11 is 0. The van der Waals surface area contributed by atoms with Gasteiger partial charge in [-0.2, -0.15) is 0 Å². The molecule has 0 saturated carbocycles. The Hall–Kier alpha value is -4.17. The smallest absolute Gasteiger partial charge is 0.252 e. The number of hydrogen-bond donors (Lipinski definition) is 1. The molecule has 0 aliphatic rings. The number of nitrogens with one attached hydrogen (secondary N) is 1. The zero-order chi connectivity index (χ0) is 25.8. The van der Waals surface area contributed by atoms with Crippen LogP contribution < -0.4 is 5.56 Å². The highest BCUT2D eigenvalue weighted by Gasteiger charge is 2.17. The van der Waals surface area contributed by atoms with Crippen LogP contribution in [0.1, 0.15) is 33.6 Å². The fourth-order valence-electron chi connectivity index (χ4n) is 4.58. The predicted molar refractivity (Wildman–Crippen MR) is 141 cm³/mol. The van der Waals surface area contributed by atoms with Crippen molar-refractivity contribution in [2.75, 3.05) is 0 Å². The summed E-state index contributed by atoms with van der Waals surface area (Å²) in [6, 6.07) is 22.7. The van der Waals surface area contributed by atoms with Gasteiger partial charge in [0.25, 0.3) is 5.56 Å². The third kappa shape index (κ3) is 5.81. The molecule has 5 aromatic rings. The molecule has 0 aliphatic heterocycles. The standard InChI is InChI=1S/C29H29FN6O/c1-20-8-9-21(2)28-26(20)16-24(29(37)31-28)18-35(17-23-10-12-25(30)13-11-23)19-27-32-33-34-36(27)15-14-22-6-4-3-5-7-22/h3-13,16H,14-15,17-19H2,1-2H3,(H,31,37). The lowest BCUT2D eigenvalue weighted by Crippen LogP contribution is -2.28. The van der Waals surface area contributed by atoms with Crippen molar-refractivity contribution in [1.29, 1.82) is 0 Å². The van der Waals surface area contributed by atoms with Crippen molar-refractivity contribution in [3.63, 3.8) is 0 Å². The lowest BCUT2D eigenvalue weighted by molar-refractivity contribution is 0.235. The lowest BCUT2D eigenvalue weighted by Gasteiger charge is -2.22. The van der Waals surface area contributed by atoms with E-state index in [2.05, 4.69) is 43.6 Å². The maximum Gasteiger partial charge on any atom is 0.252 e. The van der Waals surface area contributed by atoms with Gasteiger partial charge in [-0.3, -0.25) is 9.69 Å². The summed E-state index contributed by atoms with van der Waals surface area (Å²) in [6.45, 7) is 6.02. The van der Waals surface area contributed by atoms with Gasteiger partial charge in [-0.15, -0.1) is 5.10 Å². The minimum atomic E-state index is -0.281. The lowest BCUT2D eigenvalue weighted by atomic mass is 10.0. The Labute approximate surface area is 214 Å². The second kappa shape index (κ2) is 10.8. The minimum Gasteiger partial charge on any atom is -0.321 e. The number of benzene rings is 3. The summed E-state index contributed by atoms with van der Waals surface area (Å²) in [5.74, 6) is 0.430. The zero-order valence-electron chi connectivity index (χ0n) is 21.0. The molecule has 188 valence electrons. The molecule has 0 amide bonds. The average Bonchev–Trinajstić information content (AvgIpc) is 3.34. The van der Waals surface area contributed by atoms with Crippen LogP contribution in [-0.4, -0.2) is 30.1 Å². The third-order valence-electron chi connectivity index (χ3n) is 6.66. The SMILES string of the molecule is Cc1ccc(C)c2[nH]c(=O)c(CN(Cc3ccc(F)cc3)Cc3nnnn3CCc3ccccc3)cc12. The summed E-state index contributed by atoms with van der Waals surface area (Å²) in [5, 5.41) is 13.4. The number of tetrazole rings is 1. The van der Waals surface area contributed by atoms with Crippen molar-refractivity contribution >= 4 is 10.9 Å². The van der Waals surface area contributed by atoms with E-state index < -0.39 is 0 Å². The predicted octanol–water partition coefficient (Wildman–Crippen LogP) is 4.72. The molecule has 8 heteroatoms. The molecule has 1 N–H and O–H groups in total. The topological polar surface area (TPSA) is 79.7 Å². The second-order valence-electron chi connectivity index (χ2n) is 9.44. The van der Waals surface area contributed by atoms with E-state index in [-0.39, 0.29) is 11.4 Å². The molecule has 0 bridgehead atoms. The zero-order valence-corrected chi connectivity index (χ0v) is 21.0. The maximum absolute atomic E-state index is 13.5. The Bertz CT molecular complexity index is 1560. The molecule has 2 heterocycles. The van der Waals surface area contributed by atoms with Crippen molar-refractivity contribution in [3.05, 3.63) is 123 Å². The normalized spacial score (nSPS) is 11.5. The van der Waals surface area contributed by atoms with E-state index in [4.69, 9.17) is 0 Å².